The second kappa shape index (κ2) is 3.43. The van der Waals surface area contributed by atoms with Crippen molar-refractivity contribution < 1.29 is 4.92 Å². The van der Waals surface area contributed by atoms with E-state index in [0.717, 1.165) is 0 Å². The molecule has 0 heterocycles. The van der Waals surface area contributed by atoms with Gasteiger partial charge in [-0.05, 0) is 13.0 Å². The van der Waals surface area contributed by atoms with E-state index in [-0.39, 0.29) is 11.6 Å². The monoisotopic (exact) mass is 135 g/mol. The van der Waals surface area contributed by atoms with Crippen molar-refractivity contribution in [2.75, 3.05) is 5.88 Å². The SMILES string of the molecule is C/C=C(\CCl)[N+](=O)[O-]. The topological polar surface area (TPSA) is 43.1 Å². The number of halogens is 1. The fraction of sp³-hybridized carbons (Fsp3) is 0.500. The molecule has 0 atom stereocenters. The molecule has 4 heteroatoms. The van der Waals surface area contributed by atoms with Gasteiger partial charge in [0.25, 0.3) is 5.70 Å². The van der Waals surface area contributed by atoms with E-state index in [1.165, 1.54) is 6.08 Å². The highest BCUT2D eigenvalue weighted by Gasteiger charge is 2.03. The van der Waals surface area contributed by atoms with Crippen LogP contribution in [0.15, 0.2) is 11.8 Å². The number of rotatable bonds is 2. The standard InChI is InChI=1S/C4H6ClNO2/c1-2-4(3-5)6(7)8/h2H,3H2,1H3/b4-2+. The summed E-state index contributed by atoms with van der Waals surface area (Å²) in [6.45, 7) is 1.58. The van der Waals surface area contributed by atoms with Gasteiger partial charge in [0.05, 0.1) is 4.92 Å². The number of nitrogens with zero attached hydrogens (tertiary/aromatic N) is 1. The average molecular weight is 136 g/mol. The minimum Gasteiger partial charge on any atom is -0.259 e. The lowest BCUT2D eigenvalue weighted by atomic mass is 10.5. The molecule has 3 nitrogen and oxygen atoms in total. The van der Waals surface area contributed by atoms with E-state index in [0.29, 0.717) is 0 Å². The molecular weight excluding hydrogens is 130 g/mol. The van der Waals surface area contributed by atoms with Crippen molar-refractivity contribution in [1.29, 1.82) is 0 Å². The van der Waals surface area contributed by atoms with Crippen LogP contribution < -0.4 is 0 Å². The van der Waals surface area contributed by atoms with Crippen LogP contribution in [0.5, 0.6) is 0 Å². The lowest BCUT2D eigenvalue weighted by molar-refractivity contribution is -0.423. The first kappa shape index (κ1) is 7.43. The molecule has 0 saturated heterocycles. The van der Waals surface area contributed by atoms with Crippen LogP contribution in [0.2, 0.25) is 0 Å². The number of hydrogen-bond acceptors (Lipinski definition) is 2. The highest BCUT2D eigenvalue weighted by Crippen LogP contribution is 1.96. The second-order valence-electron chi connectivity index (χ2n) is 1.17. The molecule has 0 aromatic rings. The minimum atomic E-state index is -0.493. The molecule has 0 aliphatic carbocycles. The summed E-state index contributed by atoms with van der Waals surface area (Å²) in [5.41, 5.74) is 0.0478. The summed E-state index contributed by atoms with van der Waals surface area (Å²) in [4.78, 5) is 9.32. The first-order chi connectivity index (χ1) is 3.72. The fourth-order valence-electron chi connectivity index (χ4n) is 0.231. The van der Waals surface area contributed by atoms with Gasteiger partial charge in [-0.1, -0.05) is 0 Å². The molecule has 0 N–H and O–H groups in total. The highest BCUT2D eigenvalue weighted by molar-refractivity contribution is 6.19. The summed E-state index contributed by atoms with van der Waals surface area (Å²) in [6.07, 6.45) is 1.38. The molecule has 0 aromatic heterocycles. The maximum absolute atomic E-state index is 9.81. The molecule has 0 bridgehead atoms. The first-order valence-electron chi connectivity index (χ1n) is 2.08. The molecule has 0 aliphatic rings. The minimum absolute atomic E-state index is 0.0243. The fourth-order valence-corrected chi connectivity index (χ4v) is 0.483. The van der Waals surface area contributed by atoms with Crippen molar-refractivity contribution in [3.05, 3.63) is 21.9 Å². The van der Waals surface area contributed by atoms with Gasteiger partial charge < -0.3 is 0 Å². The van der Waals surface area contributed by atoms with Crippen LogP contribution in [0.25, 0.3) is 0 Å². The Morgan fingerprint density at radius 3 is 2.50 bits per heavy atom. The van der Waals surface area contributed by atoms with Crippen LogP contribution in [0.1, 0.15) is 6.92 Å². The molecule has 0 aromatic carbocycles. The van der Waals surface area contributed by atoms with E-state index in [9.17, 15) is 10.1 Å². The zero-order valence-corrected chi connectivity index (χ0v) is 5.18. The van der Waals surface area contributed by atoms with Gasteiger partial charge in [0.15, 0.2) is 0 Å². The summed E-state index contributed by atoms with van der Waals surface area (Å²) in [5.74, 6) is -0.0243. The number of allylic oxidation sites excluding steroid dienone is 2. The summed E-state index contributed by atoms with van der Waals surface area (Å²) in [6, 6.07) is 0. The summed E-state index contributed by atoms with van der Waals surface area (Å²) in [5, 5.41) is 9.81. The number of hydrogen-bond donors (Lipinski definition) is 0. The third-order valence-electron chi connectivity index (χ3n) is 0.705. The second-order valence-corrected chi connectivity index (χ2v) is 1.44. The van der Waals surface area contributed by atoms with Crippen molar-refractivity contribution in [2.45, 2.75) is 6.92 Å². The van der Waals surface area contributed by atoms with E-state index in [4.69, 9.17) is 11.6 Å². The Kier molecular flexibility index (Phi) is 3.19. The normalized spacial score (nSPS) is 11.5. The Labute approximate surface area is 52.1 Å². The van der Waals surface area contributed by atoms with Gasteiger partial charge in [0, 0.05) is 0 Å². The maximum atomic E-state index is 9.81. The van der Waals surface area contributed by atoms with Gasteiger partial charge >= 0.3 is 0 Å². The van der Waals surface area contributed by atoms with Gasteiger partial charge in [0.2, 0.25) is 0 Å². The highest BCUT2D eigenvalue weighted by atomic mass is 35.5. The molecule has 0 fully saturated rings. The largest absolute Gasteiger partial charge is 0.259 e. The zero-order chi connectivity index (χ0) is 6.57. The predicted molar refractivity (Wildman–Crippen MR) is 31.5 cm³/mol. The Hall–Kier alpha value is -0.570. The van der Waals surface area contributed by atoms with Gasteiger partial charge in [-0.15, -0.1) is 11.6 Å². The molecule has 0 radical (unpaired) electrons. The van der Waals surface area contributed by atoms with E-state index in [1.807, 2.05) is 0 Å². The Morgan fingerprint density at radius 2 is 2.50 bits per heavy atom. The summed E-state index contributed by atoms with van der Waals surface area (Å²) in [7, 11) is 0. The Balaban J connectivity index is 3.92. The van der Waals surface area contributed by atoms with Crippen LogP contribution in [0, 0.1) is 10.1 Å². The number of nitro groups is 1. The van der Waals surface area contributed by atoms with Gasteiger partial charge in [-0.3, -0.25) is 10.1 Å². The summed E-state index contributed by atoms with van der Waals surface area (Å²) >= 11 is 5.15. The molecule has 0 unspecified atom stereocenters. The van der Waals surface area contributed by atoms with Crippen molar-refractivity contribution in [2.24, 2.45) is 0 Å². The average Bonchev–Trinajstić information content (AvgIpc) is 1.69. The molecular formula is C4H6ClNO2. The van der Waals surface area contributed by atoms with Crippen molar-refractivity contribution in [1.82, 2.24) is 0 Å². The molecule has 0 amide bonds. The predicted octanol–water partition coefficient (Wildman–Crippen LogP) is 1.41. The zero-order valence-electron chi connectivity index (χ0n) is 4.43. The molecule has 0 aliphatic heterocycles. The third kappa shape index (κ3) is 1.93. The first-order valence-corrected chi connectivity index (χ1v) is 2.61. The Morgan fingerprint density at radius 1 is 2.00 bits per heavy atom. The van der Waals surface area contributed by atoms with E-state index < -0.39 is 4.92 Å². The summed E-state index contributed by atoms with van der Waals surface area (Å²) < 4.78 is 0. The molecule has 0 saturated carbocycles. The van der Waals surface area contributed by atoms with Gasteiger partial charge in [-0.2, -0.15) is 0 Å². The van der Waals surface area contributed by atoms with Crippen LogP contribution in [0.4, 0.5) is 0 Å². The molecule has 46 valence electrons. The van der Waals surface area contributed by atoms with Crippen molar-refractivity contribution >= 4 is 11.6 Å². The van der Waals surface area contributed by atoms with Crippen LogP contribution >= 0.6 is 11.6 Å². The van der Waals surface area contributed by atoms with Crippen molar-refractivity contribution in [3.8, 4) is 0 Å². The smallest absolute Gasteiger partial charge is 0.256 e. The lowest BCUT2D eigenvalue weighted by Gasteiger charge is -1.86. The molecule has 8 heavy (non-hydrogen) atoms. The van der Waals surface area contributed by atoms with Crippen molar-refractivity contribution in [3.63, 3.8) is 0 Å². The van der Waals surface area contributed by atoms with Gasteiger partial charge in [-0.25, -0.2) is 0 Å². The van der Waals surface area contributed by atoms with E-state index in [1.54, 1.807) is 6.92 Å². The molecule has 0 rings (SSSR count). The van der Waals surface area contributed by atoms with Gasteiger partial charge in [0.1, 0.15) is 5.88 Å². The molecule has 0 spiro atoms. The van der Waals surface area contributed by atoms with E-state index >= 15 is 0 Å². The Bertz CT molecular complexity index is 121. The lowest BCUT2D eigenvalue weighted by Crippen LogP contribution is -1.98. The third-order valence-corrected chi connectivity index (χ3v) is 0.978. The van der Waals surface area contributed by atoms with Crippen LogP contribution in [0.3, 0.4) is 0 Å². The maximum Gasteiger partial charge on any atom is 0.256 e. The quantitative estimate of drug-likeness (QED) is 0.326. The van der Waals surface area contributed by atoms with Crippen LogP contribution in [-0.4, -0.2) is 10.8 Å². The number of alkyl halides is 1. The van der Waals surface area contributed by atoms with E-state index in [2.05, 4.69) is 0 Å². The van der Waals surface area contributed by atoms with Crippen LogP contribution in [-0.2, 0) is 0 Å².